The molecule has 0 aromatic carbocycles. The first-order chi connectivity index (χ1) is 6.16. The standard InChI is InChI=1S/C9H12N2O2/c1-5-4-6(5)9(13)11-7-2-3-8(12)10-7/h2,5-6H,3-4H2,1H3,(H,10,12)(H,11,13)/t5-,6-/m1/s1. The predicted molar refractivity (Wildman–Crippen MR) is 46.3 cm³/mol. The SMILES string of the molecule is C[C@@H]1C[C@H]1C(=O)NC1=CCC(=O)N1. The van der Waals surface area contributed by atoms with Crippen LogP contribution in [0.4, 0.5) is 0 Å². The van der Waals surface area contributed by atoms with Crippen molar-refractivity contribution in [3.63, 3.8) is 0 Å². The van der Waals surface area contributed by atoms with Crippen molar-refractivity contribution in [2.24, 2.45) is 11.8 Å². The van der Waals surface area contributed by atoms with Crippen molar-refractivity contribution in [3.05, 3.63) is 11.9 Å². The molecular weight excluding hydrogens is 168 g/mol. The lowest BCUT2D eigenvalue weighted by Crippen LogP contribution is -2.32. The Morgan fingerprint density at radius 2 is 2.38 bits per heavy atom. The average molecular weight is 180 g/mol. The summed E-state index contributed by atoms with van der Waals surface area (Å²) in [6.07, 6.45) is 3.04. The molecule has 1 heterocycles. The molecule has 0 saturated heterocycles. The highest BCUT2D eigenvalue weighted by Gasteiger charge is 2.39. The first-order valence-corrected chi connectivity index (χ1v) is 4.47. The Bertz CT molecular complexity index is 296. The Balaban J connectivity index is 1.85. The highest BCUT2D eigenvalue weighted by molar-refractivity contribution is 5.87. The number of carbonyl (C=O) groups is 2. The monoisotopic (exact) mass is 180 g/mol. The third-order valence-electron chi connectivity index (χ3n) is 2.47. The molecule has 0 aromatic heterocycles. The summed E-state index contributed by atoms with van der Waals surface area (Å²) in [5.74, 6) is 1.17. The third-order valence-corrected chi connectivity index (χ3v) is 2.47. The van der Waals surface area contributed by atoms with E-state index >= 15 is 0 Å². The van der Waals surface area contributed by atoms with Gasteiger partial charge >= 0.3 is 0 Å². The molecule has 2 amide bonds. The molecule has 0 spiro atoms. The number of hydrogen-bond acceptors (Lipinski definition) is 2. The molecule has 4 heteroatoms. The van der Waals surface area contributed by atoms with Gasteiger partial charge in [0.2, 0.25) is 11.8 Å². The molecule has 2 rings (SSSR count). The summed E-state index contributed by atoms with van der Waals surface area (Å²) >= 11 is 0. The molecule has 0 unspecified atom stereocenters. The van der Waals surface area contributed by atoms with Gasteiger partial charge in [-0.2, -0.15) is 0 Å². The Morgan fingerprint density at radius 3 is 2.85 bits per heavy atom. The zero-order chi connectivity index (χ0) is 9.42. The van der Waals surface area contributed by atoms with Gasteiger partial charge in [0.25, 0.3) is 0 Å². The number of amides is 2. The fourth-order valence-electron chi connectivity index (χ4n) is 1.44. The maximum atomic E-state index is 11.4. The van der Waals surface area contributed by atoms with E-state index in [1.165, 1.54) is 0 Å². The van der Waals surface area contributed by atoms with E-state index in [-0.39, 0.29) is 17.7 Å². The fraction of sp³-hybridized carbons (Fsp3) is 0.556. The zero-order valence-corrected chi connectivity index (χ0v) is 7.46. The van der Waals surface area contributed by atoms with Crippen LogP contribution in [0.5, 0.6) is 0 Å². The summed E-state index contributed by atoms with van der Waals surface area (Å²) in [5, 5.41) is 5.26. The van der Waals surface area contributed by atoms with Crippen molar-refractivity contribution in [2.45, 2.75) is 19.8 Å². The van der Waals surface area contributed by atoms with E-state index in [2.05, 4.69) is 10.6 Å². The van der Waals surface area contributed by atoms with E-state index in [0.29, 0.717) is 18.2 Å². The van der Waals surface area contributed by atoms with Crippen molar-refractivity contribution in [1.82, 2.24) is 10.6 Å². The molecule has 2 N–H and O–H groups in total. The van der Waals surface area contributed by atoms with Gasteiger partial charge in [0.15, 0.2) is 0 Å². The quantitative estimate of drug-likeness (QED) is 0.634. The Morgan fingerprint density at radius 1 is 1.69 bits per heavy atom. The van der Waals surface area contributed by atoms with Gasteiger partial charge in [-0.05, 0) is 18.4 Å². The molecule has 1 saturated carbocycles. The van der Waals surface area contributed by atoms with Crippen LogP contribution in [-0.2, 0) is 9.59 Å². The Kier molecular flexibility index (Phi) is 1.83. The second-order valence-corrected chi connectivity index (χ2v) is 3.68. The topological polar surface area (TPSA) is 58.2 Å². The molecular formula is C9H12N2O2. The number of carbonyl (C=O) groups excluding carboxylic acids is 2. The van der Waals surface area contributed by atoms with Crippen LogP contribution in [0.2, 0.25) is 0 Å². The summed E-state index contributed by atoms with van der Waals surface area (Å²) < 4.78 is 0. The summed E-state index contributed by atoms with van der Waals surface area (Å²) in [7, 11) is 0. The van der Waals surface area contributed by atoms with E-state index in [0.717, 1.165) is 6.42 Å². The highest BCUT2D eigenvalue weighted by atomic mass is 16.2. The van der Waals surface area contributed by atoms with Gasteiger partial charge in [-0.3, -0.25) is 9.59 Å². The molecule has 1 aliphatic carbocycles. The second-order valence-electron chi connectivity index (χ2n) is 3.68. The van der Waals surface area contributed by atoms with Gasteiger partial charge in [0, 0.05) is 12.3 Å². The zero-order valence-electron chi connectivity index (χ0n) is 7.46. The molecule has 2 atom stereocenters. The lowest BCUT2D eigenvalue weighted by atomic mass is 10.3. The first-order valence-electron chi connectivity index (χ1n) is 4.47. The molecule has 2 aliphatic rings. The third kappa shape index (κ3) is 1.71. The van der Waals surface area contributed by atoms with Gasteiger partial charge in [-0.25, -0.2) is 0 Å². The van der Waals surface area contributed by atoms with E-state index in [9.17, 15) is 9.59 Å². The average Bonchev–Trinajstić information content (AvgIpc) is 2.66. The van der Waals surface area contributed by atoms with Crippen LogP contribution in [0.15, 0.2) is 11.9 Å². The van der Waals surface area contributed by atoms with Crippen LogP contribution in [0.25, 0.3) is 0 Å². The van der Waals surface area contributed by atoms with E-state index < -0.39 is 0 Å². The molecule has 0 aromatic rings. The maximum absolute atomic E-state index is 11.4. The minimum Gasteiger partial charge on any atom is -0.312 e. The van der Waals surface area contributed by atoms with Crippen LogP contribution in [-0.4, -0.2) is 11.8 Å². The predicted octanol–water partition coefficient (Wildman–Crippen LogP) is 0.120. The lowest BCUT2D eigenvalue weighted by molar-refractivity contribution is -0.122. The van der Waals surface area contributed by atoms with Crippen molar-refractivity contribution in [1.29, 1.82) is 0 Å². The van der Waals surface area contributed by atoms with Gasteiger partial charge in [-0.1, -0.05) is 6.92 Å². The molecule has 1 fully saturated rings. The van der Waals surface area contributed by atoms with Crippen LogP contribution >= 0.6 is 0 Å². The Labute approximate surface area is 76.4 Å². The highest BCUT2D eigenvalue weighted by Crippen LogP contribution is 2.37. The molecule has 13 heavy (non-hydrogen) atoms. The van der Waals surface area contributed by atoms with Gasteiger partial charge < -0.3 is 10.6 Å². The van der Waals surface area contributed by atoms with Crippen LogP contribution < -0.4 is 10.6 Å². The summed E-state index contributed by atoms with van der Waals surface area (Å²) in [4.78, 5) is 22.1. The van der Waals surface area contributed by atoms with Crippen LogP contribution in [0.3, 0.4) is 0 Å². The minimum atomic E-state index is -0.0563. The largest absolute Gasteiger partial charge is 0.312 e. The van der Waals surface area contributed by atoms with Crippen molar-refractivity contribution < 1.29 is 9.59 Å². The first kappa shape index (κ1) is 8.29. The molecule has 0 bridgehead atoms. The van der Waals surface area contributed by atoms with Gasteiger partial charge in [-0.15, -0.1) is 0 Å². The summed E-state index contributed by atoms with van der Waals surface area (Å²) in [6.45, 7) is 2.05. The summed E-state index contributed by atoms with van der Waals surface area (Å²) in [5.41, 5.74) is 0. The van der Waals surface area contributed by atoms with Crippen molar-refractivity contribution in [3.8, 4) is 0 Å². The molecule has 0 radical (unpaired) electrons. The van der Waals surface area contributed by atoms with Gasteiger partial charge in [0.05, 0.1) is 0 Å². The summed E-state index contributed by atoms with van der Waals surface area (Å²) in [6, 6.07) is 0. The smallest absolute Gasteiger partial charge is 0.229 e. The van der Waals surface area contributed by atoms with Crippen molar-refractivity contribution >= 4 is 11.8 Å². The molecule has 70 valence electrons. The van der Waals surface area contributed by atoms with E-state index in [1.807, 2.05) is 6.92 Å². The lowest BCUT2D eigenvalue weighted by Gasteiger charge is -2.04. The number of rotatable bonds is 2. The molecule has 1 aliphatic heterocycles. The van der Waals surface area contributed by atoms with E-state index in [4.69, 9.17) is 0 Å². The van der Waals surface area contributed by atoms with Crippen LogP contribution in [0.1, 0.15) is 19.8 Å². The van der Waals surface area contributed by atoms with E-state index in [1.54, 1.807) is 6.08 Å². The molecule has 4 nitrogen and oxygen atoms in total. The number of hydrogen-bond donors (Lipinski definition) is 2. The van der Waals surface area contributed by atoms with Gasteiger partial charge in [0.1, 0.15) is 5.82 Å². The minimum absolute atomic E-state index is 0.0287. The van der Waals surface area contributed by atoms with Crippen molar-refractivity contribution in [2.75, 3.05) is 0 Å². The fourth-order valence-corrected chi connectivity index (χ4v) is 1.44. The second kappa shape index (κ2) is 2.87. The number of nitrogens with one attached hydrogen (secondary N) is 2. The normalized spacial score (nSPS) is 30.8. The Hall–Kier alpha value is -1.32. The van der Waals surface area contributed by atoms with Crippen LogP contribution in [0, 0.1) is 11.8 Å². The maximum Gasteiger partial charge on any atom is 0.229 e.